The molecule has 2 aromatic carbocycles. The second kappa shape index (κ2) is 6.34. The Bertz CT molecular complexity index is 505. The summed E-state index contributed by atoms with van der Waals surface area (Å²) >= 11 is 0. The molecule has 0 radical (unpaired) electrons. The van der Waals surface area contributed by atoms with Gasteiger partial charge in [0.1, 0.15) is 18.2 Å². The summed E-state index contributed by atoms with van der Waals surface area (Å²) in [4.78, 5) is 0. The van der Waals surface area contributed by atoms with Crippen LogP contribution in [0.5, 0.6) is 5.75 Å². The summed E-state index contributed by atoms with van der Waals surface area (Å²) in [5, 5.41) is 0. The van der Waals surface area contributed by atoms with Crippen molar-refractivity contribution in [3.8, 4) is 5.75 Å². The summed E-state index contributed by atoms with van der Waals surface area (Å²) in [7, 11) is 0. The molecule has 19 heavy (non-hydrogen) atoms. The number of hydrogen-bond acceptors (Lipinski definition) is 2. The molecule has 2 rings (SSSR count). The topological polar surface area (TPSA) is 35.2 Å². The van der Waals surface area contributed by atoms with Crippen LogP contribution in [-0.2, 0) is 13.0 Å². The van der Waals surface area contributed by atoms with Gasteiger partial charge in [-0.05, 0) is 48.7 Å². The van der Waals surface area contributed by atoms with Gasteiger partial charge in [0.15, 0.2) is 0 Å². The maximum Gasteiger partial charge on any atom is 0.123 e. The molecule has 0 saturated carbocycles. The summed E-state index contributed by atoms with van der Waals surface area (Å²) in [6, 6.07) is 14.4. The first-order chi connectivity index (χ1) is 9.13. The molecule has 2 nitrogen and oxygen atoms in total. The first-order valence-electron chi connectivity index (χ1n) is 6.35. The van der Waals surface area contributed by atoms with Crippen LogP contribution in [0, 0.1) is 5.82 Å². The maximum absolute atomic E-state index is 12.7. The smallest absolute Gasteiger partial charge is 0.123 e. The molecular weight excluding hydrogens is 241 g/mol. The SMILES string of the molecule is CC(N)Cc1ccc(OCc2ccc(F)cc2)cc1. The van der Waals surface area contributed by atoms with Crippen molar-refractivity contribution >= 4 is 0 Å². The van der Waals surface area contributed by atoms with Crippen molar-refractivity contribution < 1.29 is 9.13 Å². The van der Waals surface area contributed by atoms with E-state index in [4.69, 9.17) is 10.5 Å². The third-order valence-electron chi connectivity index (χ3n) is 2.80. The quantitative estimate of drug-likeness (QED) is 0.894. The Morgan fingerprint density at radius 3 is 2.16 bits per heavy atom. The van der Waals surface area contributed by atoms with Gasteiger partial charge in [-0.2, -0.15) is 0 Å². The van der Waals surface area contributed by atoms with Crippen molar-refractivity contribution in [2.75, 3.05) is 0 Å². The third kappa shape index (κ3) is 4.38. The molecular formula is C16H18FNO. The van der Waals surface area contributed by atoms with Crippen molar-refractivity contribution in [2.45, 2.75) is 26.0 Å². The van der Waals surface area contributed by atoms with Gasteiger partial charge in [0, 0.05) is 6.04 Å². The van der Waals surface area contributed by atoms with E-state index in [1.807, 2.05) is 31.2 Å². The van der Waals surface area contributed by atoms with E-state index in [0.717, 1.165) is 17.7 Å². The molecule has 1 unspecified atom stereocenters. The highest BCUT2D eigenvalue weighted by atomic mass is 19.1. The zero-order valence-corrected chi connectivity index (χ0v) is 11.0. The lowest BCUT2D eigenvalue weighted by Crippen LogP contribution is -2.17. The summed E-state index contributed by atoms with van der Waals surface area (Å²) in [5.74, 6) is 0.571. The standard InChI is InChI=1S/C16H18FNO/c1-12(18)10-13-4-8-16(9-5-13)19-11-14-2-6-15(17)7-3-14/h2-9,12H,10-11,18H2,1H3. The fourth-order valence-corrected chi connectivity index (χ4v) is 1.84. The Labute approximate surface area is 113 Å². The van der Waals surface area contributed by atoms with Crippen LogP contribution < -0.4 is 10.5 Å². The molecule has 0 aromatic heterocycles. The van der Waals surface area contributed by atoms with Gasteiger partial charge < -0.3 is 10.5 Å². The summed E-state index contributed by atoms with van der Waals surface area (Å²) in [5.41, 5.74) is 7.89. The van der Waals surface area contributed by atoms with E-state index >= 15 is 0 Å². The minimum absolute atomic E-state index is 0.158. The second-order valence-electron chi connectivity index (χ2n) is 4.74. The van der Waals surface area contributed by atoms with Crippen molar-refractivity contribution in [2.24, 2.45) is 5.73 Å². The molecule has 0 aliphatic rings. The van der Waals surface area contributed by atoms with Gasteiger partial charge in [-0.15, -0.1) is 0 Å². The Morgan fingerprint density at radius 2 is 1.58 bits per heavy atom. The van der Waals surface area contributed by atoms with E-state index in [1.54, 1.807) is 12.1 Å². The van der Waals surface area contributed by atoms with Crippen LogP contribution >= 0.6 is 0 Å². The van der Waals surface area contributed by atoms with Gasteiger partial charge in [-0.1, -0.05) is 24.3 Å². The Balaban J connectivity index is 1.91. The van der Waals surface area contributed by atoms with E-state index in [-0.39, 0.29) is 11.9 Å². The molecule has 0 spiro atoms. The zero-order chi connectivity index (χ0) is 13.7. The number of hydrogen-bond donors (Lipinski definition) is 1. The van der Waals surface area contributed by atoms with Crippen molar-refractivity contribution in [3.05, 3.63) is 65.5 Å². The highest BCUT2D eigenvalue weighted by Crippen LogP contribution is 2.15. The molecule has 1 atom stereocenters. The summed E-state index contributed by atoms with van der Waals surface area (Å²) in [6.45, 7) is 2.42. The molecule has 0 saturated heterocycles. The van der Waals surface area contributed by atoms with Crippen molar-refractivity contribution in [3.63, 3.8) is 0 Å². The maximum atomic E-state index is 12.7. The van der Waals surface area contributed by atoms with Crippen molar-refractivity contribution in [1.82, 2.24) is 0 Å². The first kappa shape index (κ1) is 13.6. The molecule has 100 valence electrons. The molecule has 3 heteroatoms. The molecule has 2 N–H and O–H groups in total. The molecule has 2 aromatic rings. The van der Waals surface area contributed by atoms with Crippen LogP contribution in [0.3, 0.4) is 0 Å². The van der Waals surface area contributed by atoms with Gasteiger partial charge in [-0.25, -0.2) is 4.39 Å². The average molecular weight is 259 g/mol. The zero-order valence-electron chi connectivity index (χ0n) is 11.0. The number of ether oxygens (including phenoxy) is 1. The van der Waals surface area contributed by atoms with Gasteiger partial charge in [0.05, 0.1) is 0 Å². The predicted molar refractivity (Wildman–Crippen MR) is 74.5 cm³/mol. The lowest BCUT2D eigenvalue weighted by Gasteiger charge is -2.08. The minimum Gasteiger partial charge on any atom is -0.489 e. The van der Waals surface area contributed by atoms with Gasteiger partial charge in [0.25, 0.3) is 0 Å². The molecule has 0 heterocycles. The number of benzene rings is 2. The monoisotopic (exact) mass is 259 g/mol. The van der Waals surface area contributed by atoms with E-state index in [1.165, 1.54) is 17.7 Å². The highest BCUT2D eigenvalue weighted by molar-refractivity contribution is 5.28. The van der Waals surface area contributed by atoms with Crippen LogP contribution in [0.15, 0.2) is 48.5 Å². The molecule has 0 fully saturated rings. The number of rotatable bonds is 5. The van der Waals surface area contributed by atoms with Crippen LogP contribution in [0.25, 0.3) is 0 Å². The predicted octanol–water partition coefficient (Wildman–Crippen LogP) is 3.29. The van der Waals surface area contributed by atoms with E-state index in [2.05, 4.69) is 0 Å². The number of nitrogens with two attached hydrogens (primary N) is 1. The second-order valence-corrected chi connectivity index (χ2v) is 4.74. The molecule has 0 bridgehead atoms. The van der Waals surface area contributed by atoms with Crippen molar-refractivity contribution in [1.29, 1.82) is 0 Å². The van der Waals surface area contributed by atoms with Gasteiger partial charge >= 0.3 is 0 Å². The van der Waals surface area contributed by atoms with Gasteiger partial charge in [0.2, 0.25) is 0 Å². The lowest BCUT2D eigenvalue weighted by molar-refractivity contribution is 0.306. The van der Waals surface area contributed by atoms with Crippen LogP contribution in [0.1, 0.15) is 18.1 Å². The van der Waals surface area contributed by atoms with E-state index in [9.17, 15) is 4.39 Å². The molecule has 0 amide bonds. The number of halogens is 1. The minimum atomic E-state index is -0.232. The Morgan fingerprint density at radius 1 is 1.00 bits per heavy atom. The molecule has 0 aliphatic carbocycles. The molecule has 0 aliphatic heterocycles. The highest BCUT2D eigenvalue weighted by Gasteiger charge is 2.00. The fraction of sp³-hybridized carbons (Fsp3) is 0.250. The van der Waals surface area contributed by atoms with E-state index in [0.29, 0.717) is 6.61 Å². The summed E-state index contributed by atoms with van der Waals surface area (Å²) < 4.78 is 18.4. The van der Waals surface area contributed by atoms with Crippen LogP contribution in [-0.4, -0.2) is 6.04 Å². The lowest BCUT2D eigenvalue weighted by atomic mass is 10.1. The third-order valence-corrected chi connectivity index (χ3v) is 2.80. The fourth-order valence-electron chi connectivity index (χ4n) is 1.84. The normalized spacial score (nSPS) is 12.2. The Kier molecular flexibility index (Phi) is 4.53. The van der Waals surface area contributed by atoms with Crippen LogP contribution in [0.2, 0.25) is 0 Å². The first-order valence-corrected chi connectivity index (χ1v) is 6.35. The van der Waals surface area contributed by atoms with Crippen LogP contribution in [0.4, 0.5) is 4.39 Å². The van der Waals surface area contributed by atoms with E-state index < -0.39 is 0 Å². The largest absolute Gasteiger partial charge is 0.489 e. The Hall–Kier alpha value is -1.87. The average Bonchev–Trinajstić information content (AvgIpc) is 2.39. The van der Waals surface area contributed by atoms with Gasteiger partial charge in [-0.3, -0.25) is 0 Å². The summed E-state index contributed by atoms with van der Waals surface area (Å²) in [6.07, 6.45) is 0.859.